The molecule has 2 atom stereocenters. The van der Waals surface area contributed by atoms with Crippen molar-refractivity contribution in [2.75, 3.05) is 13.7 Å². The molecule has 0 bridgehead atoms. The standard InChI is InChI=1S/C16H24FNO2/c1-19-15-7-4-5-12(16(15)17)11-13(18)8-9-14-6-2-3-10-20-14/h4-5,7,13-14H,2-3,6,8-11,18H2,1H3. The number of ether oxygens (including phenoxy) is 2. The van der Waals surface area contributed by atoms with Gasteiger partial charge < -0.3 is 15.2 Å². The molecular weight excluding hydrogens is 257 g/mol. The average molecular weight is 281 g/mol. The molecule has 1 fully saturated rings. The highest BCUT2D eigenvalue weighted by atomic mass is 19.1. The molecule has 1 saturated heterocycles. The second-order valence-electron chi connectivity index (χ2n) is 5.46. The molecule has 0 aliphatic carbocycles. The molecular formula is C16H24FNO2. The summed E-state index contributed by atoms with van der Waals surface area (Å²) in [5, 5.41) is 0. The highest BCUT2D eigenvalue weighted by molar-refractivity contribution is 5.31. The molecule has 0 radical (unpaired) electrons. The minimum absolute atomic E-state index is 0.0397. The van der Waals surface area contributed by atoms with Crippen LogP contribution in [0.2, 0.25) is 0 Å². The first kappa shape index (κ1) is 15.3. The Morgan fingerprint density at radius 3 is 3.00 bits per heavy atom. The van der Waals surface area contributed by atoms with Crippen molar-refractivity contribution in [3.63, 3.8) is 0 Å². The lowest BCUT2D eigenvalue weighted by molar-refractivity contribution is 0.00915. The number of nitrogens with two attached hydrogens (primary N) is 1. The Kier molecular flexibility index (Phi) is 5.80. The number of benzene rings is 1. The van der Waals surface area contributed by atoms with E-state index in [1.807, 2.05) is 0 Å². The maximum absolute atomic E-state index is 14.0. The van der Waals surface area contributed by atoms with Crippen LogP contribution in [-0.2, 0) is 11.2 Å². The van der Waals surface area contributed by atoms with Crippen LogP contribution in [-0.4, -0.2) is 25.9 Å². The number of methoxy groups -OCH3 is 1. The Morgan fingerprint density at radius 1 is 1.45 bits per heavy atom. The van der Waals surface area contributed by atoms with Crippen molar-refractivity contribution >= 4 is 0 Å². The van der Waals surface area contributed by atoms with Crippen molar-refractivity contribution in [2.45, 2.75) is 50.7 Å². The first-order chi connectivity index (χ1) is 9.70. The fraction of sp³-hybridized carbons (Fsp3) is 0.625. The number of halogens is 1. The van der Waals surface area contributed by atoms with E-state index in [1.165, 1.54) is 13.5 Å². The van der Waals surface area contributed by atoms with Crippen LogP contribution in [0, 0.1) is 5.82 Å². The maximum atomic E-state index is 14.0. The molecule has 2 unspecified atom stereocenters. The Hall–Kier alpha value is -1.13. The first-order valence-corrected chi connectivity index (χ1v) is 7.39. The van der Waals surface area contributed by atoms with E-state index in [9.17, 15) is 4.39 Å². The lowest BCUT2D eigenvalue weighted by Gasteiger charge is -2.23. The molecule has 1 aliphatic heterocycles. The number of rotatable bonds is 6. The number of hydrogen-bond acceptors (Lipinski definition) is 3. The molecule has 112 valence electrons. The minimum Gasteiger partial charge on any atom is -0.494 e. The highest BCUT2D eigenvalue weighted by Gasteiger charge is 2.17. The van der Waals surface area contributed by atoms with Gasteiger partial charge in [0.2, 0.25) is 0 Å². The van der Waals surface area contributed by atoms with Gasteiger partial charge in [-0.25, -0.2) is 4.39 Å². The molecule has 0 saturated carbocycles. The molecule has 0 spiro atoms. The molecule has 4 heteroatoms. The summed E-state index contributed by atoms with van der Waals surface area (Å²) in [5.41, 5.74) is 6.75. The van der Waals surface area contributed by atoms with Gasteiger partial charge in [0.05, 0.1) is 13.2 Å². The smallest absolute Gasteiger partial charge is 0.168 e. The van der Waals surface area contributed by atoms with Crippen LogP contribution in [0.15, 0.2) is 18.2 Å². The summed E-state index contributed by atoms with van der Waals surface area (Å²) in [7, 11) is 1.47. The summed E-state index contributed by atoms with van der Waals surface area (Å²) >= 11 is 0. The third-order valence-corrected chi connectivity index (χ3v) is 3.88. The quantitative estimate of drug-likeness (QED) is 0.871. The fourth-order valence-electron chi connectivity index (χ4n) is 2.69. The molecule has 1 aliphatic rings. The van der Waals surface area contributed by atoms with Gasteiger partial charge in [0.1, 0.15) is 0 Å². The van der Waals surface area contributed by atoms with E-state index in [2.05, 4.69) is 0 Å². The van der Waals surface area contributed by atoms with Crippen LogP contribution in [0.25, 0.3) is 0 Å². The zero-order chi connectivity index (χ0) is 14.4. The summed E-state index contributed by atoms with van der Waals surface area (Å²) in [4.78, 5) is 0. The SMILES string of the molecule is COc1cccc(CC(N)CCC2CCCCO2)c1F. The summed E-state index contributed by atoms with van der Waals surface area (Å²) in [6.07, 6.45) is 6.23. The van der Waals surface area contributed by atoms with E-state index >= 15 is 0 Å². The van der Waals surface area contributed by atoms with Crippen molar-refractivity contribution in [3.05, 3.63) is 29.6 Å². The van der Waals surface area contributed by atoms with E-state index in [1.54, 1.807) is 18.2 Å². The summed E-state index contributed by atoms with van der Waals surface area (Å²) in [6, 6.07) is 5.16. The first-order valence-electron chi connectivity index (χ1n) is 7.39. The summed E-state index contributed by atoms with van der Waals surface area (Å²) in [6.45, 7) is 0.865. The Balaban J connectivity index is 1.83. The van der Waals surface area contributed by atoms with Crippen LogP contribution in [0.4, 0.5) is 4.39 Å². The van der Waals surface area contributed by atoms with Crippen LogP contribution >= 0.6 is 0 Å². The molecule has 2 rings (SSSR count). The van der Waals surface area contributed by atoms with Crippen LogP contribution < -0.4 is 10.5 Å². The highest BCUT2D eigenvalue weighted by Crippen LogP contribution is 2.22. The second-order valence-corrected chi connectivity index (χ2v) is 5.46. The van der Waals surface area contributed by atoms with E-state index < -0.39 is 0 Å². The topological polar surface area (TPSA) is 44.5 Å². The molecule has 0 aromatic heterocycles. The molecule has 3 nitrogen and oxygen atoms in total. The van der Waals surface area contributed by atoms with E-state index in [-0.39, 0.29) is 17.6 Å². The third-order valence-electron chi connectivity index (χ3n) is 3.88. The van der Waals surface area contributed by atoms with Crippen molar-refractivity contribution < 1.29 is 13.9 Å². The Bertz CT molecular complexity index is 419. The van der Waals surface area contributed by atoms with Gasteiger partial charge in [0.15, 0.2) is 11.6 Å². The molecule has 0 amide bonds. The van der Waals surface area contributed by atoms with Crippen LogP contribution in [0.3, 0.4) is 0 Å². The van der Waals surface area contributed by atoms with E-state index in [0.717, 1.165) is 32.3 Å². The van der Waals surface area contributed by atoms with Crippen molar-refractivity contribution in [3.8, 4) is 5.75 Å². The largest absolute Gasteiger partial charge is 0.494 e. The van der Waals surface area contributed by atoms with Gasteiger partial charge in [-0.15, -0.1) is 0 Å². The Labute approximate surface area is 120 Å². The number of hydrogen-bond donors (Lipinski definition) is 1. The summed E-state index contributed by atoms with van der Waals surface area (Å²) < 4.78 is 24.7. The van der Waals surface area contributed by atoms with Gasteiger partial charge in [0.25, 0.3) is 0 Å². The molecule has 20 heavy (non-hydrogen) atoms. The van der Waals surface area contributed by atoms with Gasteiger partial charge in [-0.2, -0.15) is 0 Å². The van der Waals surface area contributed by atoms with Gasteiger partial charge in [-0.1, -0.05) is 12.1 Å². The predicted molar refractivity (Wildman–Crippen MR) is 77.5 cm³/mol. The van der Waals surface area contributed by atoms with E-state index in [0.29, 0.717) is 18.1 Å². The lowest BCUT2D eigenvalue weighted by atomic mass is 9.97. The van der Waals surface area contributed by atoms with Crippen molar-refractivity contribution in [1.29, 1.82) is 0 Å². The van der Waals surface area contributed by atoms with Gasteiger partial charge in [-0.05, 0) is 50.2 Å². The molecule has 1 heterocycles. The predicted octanol–water partition coefficient (Wildman–Crippen LogP) is 3.05. The monoisotopic (exact) mass is 281 g/mol. The maximum Gasteiger partial charge on any atom is 0.168 e. The van der Waals surface area contributed by atoms with Crippen molar-refractivity contribution in [1.82, 2.24) is 0 Å². The second kappa shape index (κ2) is 7.60. The Morgan fingerprint density at radius 2 is 2.30 bits per heavy atom. The fourth-order valence-corrected chi connectivity index (χ4v) is 2.69. The molecule has 1 aromatic carbocycles. The van der Waals surface area contributed by atoms with Crippen molar-refractivity contribution in [2.24, 2.45) is 5.73 Å². The zero-order valence-electron chi connectivity index (χ0n) is 12.1. The van der Waals surface area contributed by atoms with Gasteiger partial charge >= 0.3 is 0 Å². The zero-order valence-corrected chi connectivity index (χ0v) is 12.1. The van der Waals surface area contributed by atoms with E-state index in [4.69, 9.17) is 15.2 Å². The van der Waals surface area contributed by atoms with Crippen LogP contribution in [0.5, 0.6) is 5.75 Å². The minimum atomic E-state index is -0.292. The average Bonchev–Trinajstić information content (AvgIpc) is 2.48. The lowest BCUT2D eigenvalue weighted by Crippen LogP contribution is -2.27. The normalized spacial score (nSPS) is 20.6. The molecule has 1 aromatic rings. The van der Waals surface area contributed by atoms with Gasteiger partial charge in [0, 0.05) is 12.6 Å². The summed E-state index contributed by atoms with van der Waals surface area (Å²) in [5.74, 6) is -0.00956. The molecule has 2 N–H and O–H groups in total. The third kappa shape index (κ3) is 4.18. The van der Waals surface area contributed by atoms with Crippen LogP contribution in [0.1, 0.15) is 37.7 Å². The van der Waals surface area contributed by atoms with Gasteiger partial charge in [-0.3, -0.25) is 0 Å².